The fourth-order valence-corrected chi connectivity index (χ4v) is 1.23. The maximum atomic E-state index is 8.75. The van der Waals surface area contributed by atoms with Crippen molar-refractivity contribution in [2.75, 3.05) is 11.0 Å². The van der Waals surface area contributed by atoms with Crippen LogP contribution in [0.5, 0.6) is 0 Å². The minimum atomic E-state index is 0.368. The molecule has 1 N–H and O–H groups in total. The number of hydrogen-bond donors (Lipinski definition) is 1. The third kappa shape index (κ3) is 5.15. The zero-order chi connectivity index (χ0) is 7.11. The van der Waals surface area contributed by atoms with Crippen molar-refractivity contribution >= 4 is 22.6 Å². The average Bonchev–Trinajstić information content (AvgIpc) is 1.91. The Labute approximate surface area is 71.0 Å². The predicted molar refractivity (Wildman–Crippen MR) is 49.0 cm³/mol. The first-order chi connectivity index (χ1) is 4.35. The highest BCUT2D eigenvalue weighted by Gasteiger charge is 2.01. The Kier molecular flexibility index (Phi) is 7.33. The summed E-state index contributed by atoms with van der Waals surface area (Å²) >= 11 is 2.37. The van der Waals surface area contributed by atoms with E-state index in [4.69, 9.17) is 5.11 Å². The minimum Gasteiger partial charge on any atom is -0.396 e. The molecule has 0 aliphatic heterocycles. The van der Waals surface area contributed by atoms with Gasteiger partial charge in [-0.25, -0.2) is 0 Å². The van der Waals surface area contributed by atoms with Gasteiger partial charge in [-0.05, 0) is 23.2 Å². The topological polar surface area (TPSA) is 20.2 Å². The summed E-state index contributed by atoms with van der Waals surface area (Å²) in [6.45, 7) is 2.50. The lowest BCUT2D eigenvalue weighted by Gasteiger charge is -2.08. The molecule has 0 amide bonds. The van der Waals surface area contributed by atoms with Gasteiger partial charge in [0.25, 0.3) is 0 Å². The molecule has 0 aromatic rings. The summed E-state index contributed by atoms with van der Waals surface area (Å²) in [5.74, 6) is 0.555. The molecule has 0 spiro atoms. The molecule has 0 fully saturated rings. The van der Waals surface area contributed by atoms with Crippen LogP contribution in [0, 0.1) is 5.92 Å². The number of alkyl halides is 1. The molecule has 0 unspecified atom stereocenters. The van der Waals surface area contributed by atoms with Gasteiger partial charge in [-0.2, -0.15) is 0 Å². The van der Waals surface area contributed by atoms with E-state index in [1.54, 1.807) is 0 Å². The SMILES string of the molecule is CC[C@@H](CO)CCCI. The van der Waals surface area contributed by atoms with Crippen molar-refractivity contribution in [2.24, 2.45) is 5.92 Å². The monoisotopic (exact) mass is 242 g/mol. The molecule has 56 valence electrons. The first-order valence-corrected chi connectivity index (χ1v) is 5.04. The molecule has 1 nitrogen and oxygen atoms in total. The fraction of sp³-hybridized carbons (Fsp3) is 1.00. The van der Waals surface area contributed by atoms with Crippen LogP contribution in [0.4, 0.5) is 0 Å². The van der Waals surface area contributed by atoms with Crippen LogP contribution in [0.3, 0.4) is 0 Å². The van der Waals surface area contributed by atoms with Gasteiger partial charge in [0, 0.05) is 6.61 Å². The van der Waals surface area contributed by atoms with Crippen molar-refractivity contribution in [1.82, 2.24) is 0 Å². The van der Waals surface area contributed by atoms with Crippen LogP contribution in [0.2, 0.25) is 0 Å². The van der Waals surface area contributed by atoms with Gasteiger partial charge in [-0.15, -0.1) is 0 Å². The zero-order valence-electron chi connectivity index (χ0n) is 5.94. The average molecular weight is 242 g/mol. The van der Waals surface area contributed by atoms with E-state index >= 15 is 0 Å². The van der Waals surface area contributed by atoms with E-state index < -0.39 is 0 Å². The lowest BCUT2D eigenvalue weighted by molar-refractivity contribution is 0.214. The number of aliphatic hydroxyl groups is 1. The van der Waals surface area contributed by atoms with Crippen molar-refractivity contribution in [1.29, 1.82) is 0 Å². The Balaban J connectivity index is 3.09. The number of hydrogen-bond acceptors (Lipinski definition) is 1. The molecular weight excluding hydrogens is 227 g/mol. The van der Waals surface area contributed by atoms with Crippen LogP contribution in [0.1, 0.15) is 26.2 Å². The third-order valence-corrected chi connectivity index (χ3v) is 2.34. The molecule has 2 heteroatoms. The summed E-state index contributed by atoms with van der Waals surface area (Å²) in [6.07, 6.45) is 3.56. The van der Waals surface area contributed by atoms with E-state index in [0.717, 1.165) is 6.42 Å². The molecule has 0 heterocycles. The Morgan fingerprint density at radius 2 is 2.22 bits per heavy atom. The summed E-state index contributed by atoms with van der Waals surface area (Å²) in [6, 6.07) is 0. The lowest BCUT2D eigenvalue weighted by atomic mass is 10.0. The highest BCUT2D eigenvalue weighted by Crippen LogP contribution is 2.10. The largest absolute Gasteiger partial charge is 0.396 e. The summed E-state index contributed by atoms with van der Waals surface area (Å²) in [4.78, 5) is 0. The molecule has 9 heavy (non-hydrogen) atoms. The molecule has 0 saturated carbocycles. The van der Waals surface area contributed by atoms with Crippen LogP contribution in [0.15, 0.2) is 0 Å². The number of aliphatic hydroxyl groups excluding tert-OH is 1. The van der Waals surface area contributed by atoms with Crippen LogP contribution in [-0.2, 0) is 0 Å². The Morgan fingerprint density at radius 1 is 1.56 bits per heavy atom. The lowest BCUT2D eigenvalue weighted by Crippen LogP contribution is -2.03. The molecule has 0 radical (unpaired) electrons. The second-order valence-corrected chi connectivity index (χ2v) is 3.37. The highest BCUT2D eigenvalue weighted by molar-refractivity contribution is 14.1. The molecular formula is C7H15IO. The van der Waals surface area contributed by atoms with Gasteiger partial charge in [0.1, 0.15) is 0 Å². The van der Waals surface area contributed by atoms with Gasteiger partial charge in [-0.3, -0.25) is 0 Å². The first-order valence-electron chi connectivity index (χ1n) is 3.52. The van der Waals surface area contributed by atoms with E-state index in [1.165, 1.54) is 17.3 Å². The Bertz CT molecular complexity index is 52.9. The summed E-state index contributed by atoms with van der Waals surface area (Å²) < 4.78 is 1.22. The van der Waals surface area contributed by atoms with E-state index in [0.29, 0.717) is 12.5 Å². The van der Waals surface area contributed by atoms with Crippen molar-refractivity contribution in [3.63, 3.8) is 0 Å². The van der Waals surface area contributed by atoms with E-state index in [9.17, 15) is 0 Å². The third-order valence-electron chi connectivity index (χ3n) is 1.58. The normalized spacial score (nSPS) is 13.7. The van der Waals surface area contributed by atoms with Gasteiger partial charge < -0.3 is 5.11 Å². The smallest absolute Gasteiger partial charge is 0.0459 e. The van der Waals surface area contributed by atoms with Crippen LogP contribution in [0.25, 0.3) is 0 Å². The van der Waals surface area contributed by atoms with Crippen molar-refractivity contribution in [3.05, 3.63) is 0 Å². The summed E-state index contributed by atoms with van der Waals surface area (Å²) in [5.41, 5.74) is 0. The van der Waals surface area contributed by atoms with E-state index in [-0.39, 0.29) is 0 Å². The van der Waals surface area contributed by atoms with Crippen LogP contribution < -0.4 is 0 Å². The summed E-state index contributed by atoms with van der Waals surface area (Å²) in [5, 5.41) is 8.75. The first kappa shape index (κ1) is 9.69. The number of rotatable bonds is 5. The quantitative estimate of drug-likeness (QED) is 0.579. The molecule has 0 aliphatic carbocycles. The van der Waals surface area contributed by atoms with E-state index in [2.05, 4.69) is 29.5 Å². The van der Waals surface area contributed by atoms with Gasteiger partial charge in [0.15, 0.2) is 0 Å². The number of halogens is 1. The molecule has 0 bridgehead atoms. The summed E-state index contributed by atoms with van der Waals surface area (Å²) in [7, 11) is 0. The second-order valence-electron chi connectivity index (χ2n) is 2.29. The fourth-order valence-electron chi connectivity index (χ4n) is 0.790. The van der Waals surface area contributed by atoms with Crippen LogP contribution >= 0.6 is 22.6 Å². The molecule has 0 aromatic carbocycles. The standard InChI is InChI=1S/C7H15IO/c1-2-7(6-9)4-3-5-8/h7,9H,2-6H2,1H3/t7-/m1/s1. The second kappa shape index (κ2) is 6.81. The van der Waals surface area contributed by atoms with Gasteiger partial charge in [0.2, 0.25) is 0 Å². The maximum Gasteiger partial charge on any atom is 0.0459 e. The van der Waals surface area contributed by atoms with Crippen LogP contribution in [-0.4, -0.2) is 16.1 Å². The van der Waals surface area contributed by atoms with Crippen molar-refractivity contribution < 1.29 is 5.11 Å². The maximum absolute atomic E-state index is 8.75. The zero-order valence-corrected chi connectivity index (χ0v) is 8.10. The molecule has 0 aromatic heterocycles. The van der Waals surface area contributed by atoms with Gasteiger partial charge >= 0.3 is 0 Å². The van der Waals surface area contributed by atoms with E-state index in [1.807, 2.05) is 0 Å². The van der Waals surface area contributed by atoms with Crippen molar-refractivity contribution in [2.45, 2.75) is 26.2 Å². The Hall–Kier alpha value is 0.690. The van der Waals surface area contributed by atoms with Crippen molar-refractivity contribution in [3.8, 4) is 0 Å². The molecule has 0 aliphatic rings. The Morgan fingerprint density at radius 3 is 2.56 bits per heavy atom. The minimum absolute atomic E-state index is 0.368. The van der Waals surface area contributed by atoms with Gasteiger partial charge in [0.05, 0.1) is 0 Å². The molecule has 0 saturated heterocycles. The predicted octanol–water partition coefficient (Wildman–Crippen LogP) is 2.22. The molecule has 1 atom stereocenters. The highest BCUT2D eigenvalue weighted by atomic mass is 127. The van der Waals surface area contributed by atoms with Gasteiger partial charge in [-0.1, -0.05) is 35.9 Å². The molecule has 0 rings (SSSR count).